The van der Waals surface area contributed by atoms with Gasteiger partial charge in [-0.05, 0) is 271 Å². The number of rotatable bonds is 27. The minimum atomic E-state index is -4.56. The van der Waals surface area contributed by atoms with E-state index in [9.17, 15) is 50.5 Å². The predicted octanol–water partition coefficient (Wildman–Crippen LogP) is 28.4. The molecule has 0 aliphatic rings. The van der Waals surface area contributed by atoms with Crippen molar-refractivity contribution in [2.75, 3.05) is 13.2 Å². The molecule has 42 heteroatoms. The smallest absolute Gasteiger partial charge is 0.277 e. The molecule has 18 rings (SSSR count). The van der Waals surface area contributed by atoms with Crippen molar-refractivity contribution in [3.63, 3.8) is 0 Å². The molecule has 23 nitrogen and oxygen atoms in total. The van der Waals surface area contributed by atoms with Gasteiger partial charge in [-0.3, -0.25) is 9.44 Å². The third kappa shape index (κ3) is 25.1. The van der Waals surface area contributed by atoms with Crippen molar-refractivity contribution in [2.24, 2.45) is 0 Å². The van der Waals surface area contributed by atoms with Crippen LogP contribution < -0.4 is 17.9 Å². The van der Waals surface area contributed by atoms with Crippen LogP contribution >= 0.6 is 149 Å². The van der Waals surface area contributed by atoms with E-state index in [-0.39, 0.29) is 75.4 Å². The summed E-state index contributed by atoms with van der Waals surface area (Å²) in [6, 6.07) is 59.9. The monoisotopic (exact) mass is 2260 g/mol. The molecule has 6 aromatic heterocycles. The Bertz CT molecular complexity index is 8360. The van der Waals surface area contributed by atoms with Gasteiger partial charge in [-0.25, -0.2) is 85.1 Å². The van der Waals surface area contributed by atoms with E-state index < -0.39 is 60.1 Å². The van der Waals surface area contributed by atoms with Gasteiger partial charge in [0.15, 0.2) is 0 Å². The first-order valence-electron chi connectivity index (χ1n) is 43.6. The van der Waals surface area contributed by atoms with Gasteiger partial charge in [0.1, 0.15) is 16.6 Å². The molecule has 0 saturated carbocycles. The number of hydrogen-bond donors (Lipinski definition) is 3. The fourth-order valence-corrected chi connectivity index (χ4v) is 31.5. The molecule has 6 heterocycles. The Morgan fingerprint density at radius 1 is 0.305 bits per heavy atom. The molecule has 0 fully saturated rings. The van der Waals surface area contributed by atoms with Crippen molar-refractivity contribution >= 4 is 288 Å². The Morgan fingerprint density at radius 3 is 1.09 bits per heavy atom. The van der Waals surface area contributed by atoms with Gasteiger partial charge in [0.25, 0.3) is 40.1 Å². The molecule has 0 spiro atoms. The molecule has 0 radical (unpaired) electrons. The molecular formula is C99H92Cl7N11O12S12. The minimum Gasteiger partial charge on any atom is -0.278 e. The summed E-state index contributed by atoms with van der Waals surface area (Å²) >= 11 is 53.1. The van der Waals surface area contributed by atoms with Gasteiger partial charge >= 0.3 is 0 Å². The molecule has 0 unspecified atom stereocenters. The number of nitrogens with zero attached hydrogens (tertiary/aromatic N) is 8. The molecule has 0 bridgehead atoms. The number of fused-ring (bicyclic) bond motifs is 6. The van der Waals surface area contributed by atoms with Crippen LogP contribution in [0.1, 0.15) is 120 Å². The Morgan fingerprint density at radius 2 is 0.652 bits per heavy atom. The second-order valence-electron chi connectivity index (χ2n) is 32.5. The Balaban J connectivity index is 0.000000142. The number of thiazole rings is 6. The van der Waals surface area contributed by atoms with Crippen LogP contribution in [0.3, 0.4) is 0 Å². The summed E-state index contributed by atoms with van der Waals surface area (Å²) in [6.45, 7) is 23.3. The van der Waals surface area contributed by atoms with Crippen molar-refractivity contribution in [1.29, 1.82) is 0 Å². The van der Waals surface area contributed by atoms with E-state index in [0.29, 0.717) is 62.7 Å². The van der Waals surface area contributed by atoms with Gasteiger partial charge in [0.05, 0.1) is 141 Å². The van der Waals surface area contributed by atoms with Crippen molar-refractivity contribution in [2.45, 2.75) is 171 Å². The van der Waals surface area contributed by atoms with Gasteiger partial charge in [-0.1, -0.05) is 194 Å². The maximum atomic E-state index is 14.0. The highest BCUT2D eigenvalue weighted by molar-refractivity contribution is 8.10. The number of benzene rings is 12. The Labute approximate surface area is 879 Å². The van der Waals surface area contributed by atoms with Gasteiger partial charge in [0, 0.05) is 34.7 Å². The third-order valence-corrected chi connectivity index (χ3v) is 40.8. The van der Waals surface area contributed by atoms with E-state index in [1.54, 1.807) is 158 Å². The van der Waals surface area contributed by atoms with E-state index in [0.717, 1.165) is 147 Å². The van der Waals surface area contributed by atoms with Gasteiger partial charge < -0.3 is 0 Å². The number of nitrogens with one attached hydrogen (secondary N) is 3. The lowest BCUT2D eigenvalue weighted by molar-refractivity contribution is 0.401. The number of aryl methyl sites for hydroxylation is 9. The van der Waals surface area contributed by atoms with Crippen molar-refractivity contribution in [1.82, 2.24) is 38.9 Å². The van der Waals surface area contributed by atoms with Gasteiger partial charge in [-0.2, -0.15) is 8.02 Å². The first kappa shape index (κ1) is 108. The summed E-state index contributed by atoms with van der Waals surface area (Å²) in [4.78, 5) is 27.1. The molecular weight excluding hydrogens is 2170 g/mol. The van der Waals surface area contributed by atoms with Crippen molar-refractivity contribution in [3.8, 4) is 0 Å². The lowest BCUT2D eigenvalue weighted by atomic mass is 10.1. The number of anilines is 3. The zero-order valence-electron chi connectivity index (χ0n) is 77.6. The summed E-state index contributed by atoms with van der Waals surface area (Å²) in [5, 5.41) is 7.30. The second-order valence-corrected chi connectivity index (χ2v) is 53.5. The topological polar surface area (TPSA) is 325 Å². The van der Waals surface area contributed by atoms with E-state index in [4.69, 9.17) is 81.2 Å². The molecule has 0 atom stereocenters. The van der Waals surface area contributed by atoms with Crippen molar-refractivity contribution < 1.29 is 50.5 Å². The number of aromatic nitrogens is 6. The lowest BCUT2D eigenvalue weighted by Crippen LogP contribution is -2.37. The largest absolute Gasteiger partial charge is 0.278 e. The van der Waals surface area contributed by atoms with E-state index in [2.05, 4.69) is 51.0 Å². The van der Waals surface area contributed by atoms with Crippen LogP contribution in [-0.4, -0.2) is 84.7 Å². The molecule has 0 aliphatic carbocycles. The van der Waals surface area contributed by atoms with Gasteiger partial charge in [0.2, 0.25) is 20.0 Å². The third-order valence-electron chi connectivity index (χ3n) is 22.0. The summed E-state index contributed by atoms with van der Waals surface area (Å²) in [7, 11) is -24.2. The van der Waals surface area contributed by atoms with Crippen LogP contribution in [0.25, 0.3) is 61.3 Å². The van der Waals surface area contributed by atoms with Crippen LogP contribution in [0.4, 0.5) is 17.1 Å². The van der Waals surface area contributed by atoms with Gasteiger partial charge in [-0.15, -0.1) is 68.0 Å². The van der Waals surface area contributed by atoms with Crippen LogP contribution in [0.15, 0.2) is 242 Å². The highest BCUT2D eigenvalue weighted by Gasteiger charge is 2.40. The average molecular weight is 2260 g/mol. The summed E-state index contributed by atoms with van der Waals surface area (Å²) in [5.74, 6) is 0. The number of hydrogen-bond acceptors (Lipinski definition) is 24. The predicted molar refractivity (Wildman–Crippen MR) is 585 cm³/mol. The summed E-state index contributed by atoms with van der Waals surface area (Å²) < 4.78 is 174. The van der Waals surface area contributed by atoms with E-state index in [1.165, 1.54) is 74.7 Å². The lowest BCUT2D eigenvalue weighted by Gasteiger charge is -2.25. The number of sulfonamides is 6. The normalized spacial score (nSPS) is 12.1. The minimum absolute atomic E-state index is 0.0331. The zero-order chi connectivity index (χ0) is 102. The Kier molecular flexibility index (Phi) is 34.7. The SMILES string of the molecule is CCCc1ccc(S(=O)(=O)N(c2ccc3sc(C)nc3c2Cl)S(=O)(=O)c2ccc(CCC)cc2)cc1.CCCc1ccc(S(=O)(=O)Nc2ccc3sc(C)nc3c2Cl)cc1.Cc1nc2c(Cl)c(NS(=O)(=O)c3cccc(Cl)c3C)c(Cl)cc2s1.Cc1nc2cc(CN(Cc3ccc4sc(C)nc4c3)S(=O)(=O)c3cccc(Cl)c3C)ccc2s1.Cc1nc2cc(CNS(=O)(=O)c3cccc(Cl)c3C)ccc2s1. The highest BCUT2D eigenvalue weighted by atomic mass is 35.5. The summed E-state index contributed by atoms with van der Waals surface area (Å²) in [6.07, 6.45) is 5.34. The number of halogens is 7. The molecule has 3 N–H and O–H groups in total. The fraction of sp³-hybridized carbons (Fsp3) is 0.212. The van der Waals surface area contributed by atoms with E-state index in [1.807, 2.05) is 128 Å². The molecule has 18 aromatic rings. The standard InChI is InChI=1S/C26H27ClN2O4S3.C25H22ClN3O2S3.C17H17ClN2O2S2.C16H15ClN2O2S2.C15H11Cl3N2O2S2/c1-4-6-19-8-12-21(13-9-19)35(30,31)29(23-16-17-24-26(25(23)27)28-18(3)34-24)36(32,33)22-14-10-20(7-5-2)11-15-22;1-15-20(26)5-4-6-25(15)34(30,31)29(13-18-7-9-23-21(11-18)27-16(2)32-23)14-19-8-10-24-22(12-19)28-17(3)33-24;1-3-4-12-5-7-13(8-6-12)24(21,22)20-14-9-10-15-17(16(14)18)19-11(2)23-15;1-10-13(17)4-3-5-16(10)23(20,21)18-9-12-6-7-15-14(8-12)19-11(2)22-15;1-7-9(16)4-3-5-12(7)24(21,22)20-14-10(17)6-11-15(13(14)18)19-8(2)23-11/h8-17H,4-7H2,1-3H3;4-12H,13-14H2,1-3H3;5-10,20H,3-4H2,1-2H3;3-8,18H,9H2,1-2H3;3-6,20H,1-2H3. The second kappa shape index (κ2) is 45.3. The molecule has 736 valence electrons. The van der Waals surface area contributed by atoms with Crippen LogP contribution in [0, 0.1) is 62.3 Å². The Hall–Kier alpha value is -8.97. The zero-order valence-corrected chi connectivity index (χ0v) is 92.7. The molecule has 0 aliphatic heterocycles. The molecule has 12 aromatic carbocycles. The highest BCUT2D eigenvalue weighted by Crippen LogP contribution is 2.45. The molecule has 0 amide bonds. The first-order valence-corrected chi connectivity index (χ1v) is 59.9. The van der Waals surface area contributed by atoms with Crippen LogP contribution in [0.5, 0.6) is 0 Å². The first-order chi connectivity index (χ1) is 66.8. The quantitative estimate of drug-likeness (QED) is 0.0430. The van der Waals surface area contributed by atoms with E-state index >= 15 is 0 Å². The molecule has 0 saturated heterocycles. The maximum Gasteiger partial charge on any atom is 0.277 e. The average Bonchev–Trinajstić information content (AvgIpc) is 1.66. The van der Waals surface area contributed by atoms with Crippen molar-refractivity contribution in [3.05, 3.63) is 328 Å². The van der Waals surface area contributed by atoms with Crippen LogP contribution in [0.2, 0.25) is 35.2 Å². The fourth-order valence-electron chi connectivity index (χ4n) is 15.1. The summed E-state index contributed by atoms with van der Waals surface area (Å²) in [5.41, 5.74) is 11.7. The van der Waals surface area contributed by atoms with Crippen LogP contribution in [-0.2, 0) is 99.0 Å². The molecule has 141 heavy (non-hydrogen) atoms. The maximum absolute atomic E-state index is 14.0.